The zero-order valence-electron chi connectivity index (χ0n) is 16.0. The fourth-order valence-corrected chi connectivity index (χ4v) is 2.97. The molecule has 0 heterocycles. The third-order valence-electron chi connectivity index (χ3n) is 3.60. The maximum Gasteiger partial charge on any atom is 0.416 e. The van der Waals surface area contributed by atoms with Crippen molar-refractivity contribution in [2.75, 3.05) is 6.61 Å². The van der Waals surface area contributed by atoms with Crippen molar-refractivity contribution in [1.82, 2.24) is 5.43 Å². The van der Waals surface area contributed by atoms with Crippen molar-refractivity contribution in [2.45, 2.75) is 26.4 Å². The van der Waals surface area contributed by atoms with E-state index in [1.165, 1.54) is 25.3 Å². The van der Waals surface area contributed by atoms with Gasteiger partial charge in [-0.05, 0) is 52.2 Å². The molecule has 6 nitrogen and oxygen atoms in total. The molecule has 0 aliphatic carbocycles. The average molecular weight is 487 g/mol. The molecule has 10 heteroatoms. The van der Waals surface area contributed by atoms with Crippen molar-refractivity contribution < 1.29 is 32.2 Å². The summed E-state index contributed by atoms with van der Waals surface area (Å²) in [7, 11) is 0. The molecule has 0 fully saturated rings. The van der Waals surface area contributed by atoms with Crippen LogP contribution in [0, 0.1) is 0 Å². The Hall–Kier alpha value is -2.88. The van der Waals surface area contributed by atoms with Crippen LogP contribution in [-0.2, 0) is 22.2 Å². The highest BCUT2D eigenvalue weighted by molar-refractivity contribution is 9.10. The molecule has 0 aliphatic heterocycles. The molecule has 2 rings (SSSR count). The van der Waals surface area contributed by atoms with Crippen LogP contribution in [0.5, 0.6) is 11.5 Å². The number of carbonyl (C=O) groups excluding carboxylic acids is 2. The molecule has 0 aromatic heterocycles. The summed E-state index contributed by atoms with van der Waals surface area (Å²) in [6.07, 6.45) is -3.41. The minimum Gasteiger partial charge on any atom is -0.490 e. The van der Waals surface area contributed by atoms with E-state index in [4.69, 9.17) is 9.47 Å². The number of nitrogens with zero attached hydrogens (tertiary/aromatic N) is 1. The number of hydrogen-bond acceptors (Lipinski definition) is 5. The van der Waals surface area contributed by atoms with Gasteiger partial charge in [0, 0.05) is 6.92 Å². The van der Waals surface area contributed by atoms with E-state index in [1.54, 1.807) is 19.1 Å². The Morgan fingerprint density at radius 2 is 1.97 bits per heavy atom. The van der Waals surface area contributed by atoms with Crippen LogP contribution in [0.4, 0.5) is 13.2 Å². The standard InChI is InChI=1S/C20H18BrF3N2O4/c1-3-29-17-9-14(8-16(21)19(17)30-12(2)27)11-25-26-18(28)10-13-5-4-6-15(7-13)20(22,23)24/h4-9,11H,3,10H2,1-2H3,(H,26,28)/b25-11-. The van der Waals surface area contributed by atoms with Crippen molar-refractivity contribution in [2.24, 2.45) is 5.10 Å². The van der Waals surface area contributed by atoms with Crippen LogP contribution in [0.1, 0.15) is 30.5 Å². The summed E-state index contributed by atoms with van der Waals surface area (Å²) < 4.78 is 49.3. The summed E-state index contributed by atoms with van der Waals surface area (Å²) >= 11 is 3.29. The lowest BCUT2D eigenvalue weighted by atomic mass is 10.1. The third kappa shape index (κ3) is 6.87. The average Bonchev–Trinajstić information content (AvgIpc) is 2.64. The van der Waals surface area contributed by atoms with Gasteiger partial charge in [0.2, 0.25) is 5.91 Å². The molecule has 2 aromatic rings. The quantitative estimate of drug-likeness (QED) is 0.271. The Balaban J connectivity index is 2.07. The fourth-order valence-electron chi connectivity index (χ4n) is 2.43. The van der Waals surface area contributed by atoms with Gasteiger partial charge in [-0.2, -0.15) is 18.3 Å². The number of ether oxygens (including phenoxy) is 2. The first-order valence-electron chi connectivity index (χ1n) is 8.73. The van der Waals surface area contributed by atoms with Gasteiger partial charge in [0.1, 0.15) is 0 Å². The highest BCUT2D eigenvalue weighted by atomic mass is 79.9. The summed E-state index contributed by atoms with van der Waals surface area (Å²) in [4.78, 5) is 23.2. The highest BCUT2D eigenvalue weighted by Gasteiger charge is 2.30. The number of alkyl halides is 3. The zero-order chi connectivity index (χ0) is 22.3. The summed E-state index contributed by atoms with van der Waals surface area (Å²) in [6.45, 7) is 3.35. The number of esters is 1. The molecule has 0 unspecified atom stereocenters. The SMILES string of the molecule is CCOc1cc(/C=N\NC(=O)Cc2cccc(C(F)(F)F)c2)cc(Br)c1OC(C)=O. The molecule has 160 valence electrons. The molecular weight excluding hydrogens is 469 g/mol. The number of rotatable bonds is 7. The maximum atomic E-state index is 12.7. The van der Waals surface area contributed by atoms with E-state index in [2.05, 4.69) is 26.5 Å². The Labute approximate surface area is 179 Å². The molecule has 30 heavy (non-hydrogen) atoms. The smallest absolute Gasteiger partial charge is 0.416 e. The van der Waals surface area contributed by atoms with Gasteiger partial charge < -0.3 is 9.47 Å². The van der Waals surface area contributed by atoms with E-state index in [9.17, 15) is 22.8 Å². The van der Waals surface area contributed by atoms with E-state index in [0.717, 1.165) is 12.1 Å². The predicted octanol–water partition coefficient (Wildman–Crippen LogP) is 4.48. The van der Waals surface area contributed by atoms with Crippen LogP contribution in [0.15, 0.2) is 46.0 Å². The van der Waals surface area contributed by atoms with Crippen molar-refractivity contribution in [3.8, 4) is 11.5 Å². The van der Waals surface area contributed by atoms with Crippen molar-refractivity contribution in [3.05, 3.63) is 57.6 Å². The fraction of sp³-hybridized carbons (Fsp3) is 0.250. The number of amides is 1. The summed E-state index contributed by atoms with van der Waals surface area (Å²) in [5.41, 5.74) is 2.18. The van der Waals surface area contributed by atoms with Gasteiger partial charge in [0.05, 0.1) is 29.3 Å². The summed E-state index contributed by atoms with van der Waals surface area (Å²) in [6, 6.07) is 7.69. The number of halogens is 4. The highest BCUT2D eigenvalue weighted by Crippen LogP contribution is 2.36. The monoisotopic (exact) mass is 486 g/mol. The number of hydrazone groups is 1. The molecule has 0 atom stereocenters. The lowest BCUT2D eigenvalue weighted by Crippen LogP contribution is -2.20. The molecule has 0 bridgehead atoms. The van der Waals surface area contributed by atoms with Gasteiger partial charge >= 0.3 is 12.1 Å². The van der Waals surface area contributed by atoms with Crippen LogP contribution in [0.2, 0.25) is 0 Å². The van der Waals surface area contributed by atoms with Gasteiger partial charge in [-0.25, -0.2) is 5.43 Å². The molecule has 0 saturated heterocycles. The number of benzene rings is 2. The topological polar surface area (TPSA) is 77.0 Å². The Kier molecular flexibility index (Phi) is 7.99. The van der Waals surface area contributed by atoms with Crippen molar-refractivity contribution >= 4 is 34.0 Å². The van der Waals surface area contributed by atoms with E-state index < -0.39 is 23.6 Å². The van der Waals surface area contributed by atoms with Gasteiger partial charge in [-0.15, -0.1) is 0 Å². The second kappa shape index (κ2) is 10.2. The Morgan fingerprint density at radius 1 is 1.23 bits per heavy atom. The minimum absolute atomic E-state index is 0.213. The Morgan fingerprint density at radius 3 is 2.60 bits per heavy atom. The van der Waals surface area contributed by atoms with E-state index in [0.29, 0.717) is 22.4 Å². The zero-order valence-corrected chi connectivity index (χ0v) is 17.6. The van der Waals surface area contributed by atoms with Gasteiger partial charge in [-0.3, -0.25) is 9.59 Å². The molecular formula is C20H18BrF3N2O4. The van der Waals surface area contributed by atoms with Crippen molar-refractivity contribution in [3.63, 3.8) is 0 Å². The molecule has 0 radical (unpaired) electrons. The third-order valence-corrected chi connectivity index (χ3v) is 4.19. The number of carbonyl (C=O) groups is 2. The van der Waals surface area contributed by atoms with Gasteiger partial charge in [-0.1, -0.05) is 18.2 Å². The number of hydrogen-bond donors (Lipinski definition) is 1. The normalized spacial score (nSPS) is 11.4. The van der Waals surface area contributed by atoms with E-state index in [-0.39, 0.29) is 17.7 Å². The Bertz CT molecular complexity index is 962. The van der Waals surface area contributed by atoms with Crippen LogP contribution >= 0.6 is 15.9 Å². The first-order chi connectivity index (χ1) is 14.1. The van der Waals surface area contributed by atoms with Crippen LogP contribution in [0.3, 0.4) is 0 Å². The summed E-state index contributed by atoms with van der Waals surface area (Å²) in [5.74, 6) is -0.569. The predicted molar refractivity (Wildman–Crippen MR) is 108 cm³/mol. The number of nitrogens with one attached hydrogen (secondary N) is 1. The molecule has 1 N–H and O–H groups in total. The lowest BCUT2D eigenvalue weighted by molar-refractivity contribution is -0.137. The molecule has 0 aliphatic rings. The second-order valence-corrected chi connectivity index (χ2v) is 6.88. The lowest BCUT2D eigenvalue weighted by Gasteiger charge is -2.12. The van der Waals surface area contributed by atoms with E-state index >= 15 is 0 Å². The minimum atomic E-state index is -4.48. The van der Waals surface area contributed by atoms with Crippen LogP contribution in [-0.4, -0.2) is 24.7 Å². The van der Waals surface area contributed by atoms with Gasteiger partial charge in [0.15, 0.2) is 11.5 Å². The molecule has 0 saturated carbocycles. The van der Waals surface area contributed by atoms with Gasteiger partial charge in [0.25, 0.3) is 0 Å². The molecule has 1 amide bonds. The van der Waals surface area contributed by atoms with Crippen LogP contribution < -0.4 is 14.9 Å². The largest absolute Gasteiger partial charge is 0.490 e. The first kappa shape index (κ1) is 23.4. The maximum absolute atomic E-state index is 12.7. The molecule has 2 aromatic carbocycles. The van der Waals surface area contributed by atoms with Crippen LogP contribution in [0.25, 0.3) is 0 Å². The first-order valence-corrected chi connectivity index (χ1v) is 9.52. The van der Waals surface area contributed by atoms with E-state index in [1.807, 2.05) is 0 Å². The van der Waals surface area contributed by atoms with Crippen molar-refractivity contribution in [1.29, 1.82) is 0 Å². The molecule has 0 spiro atoms. The summed E-state index contributed by atoms with van der Waals surface area (Å²) in [5, 5.41) is 3.81. The second-order valence-electron chi connectivity index (χ2n) is 6.02.